The summed E-state index contributed by atoms with van der Waals surface area (Å²) in [7, 11) is 0. The number of aliphatic hydroxyl groups excluding tert-OH is 2. The molecule has 1 fully saturated rings. The molecule has 4 N–H and O–H groups in total. The van der Waals surface area contributed by atoms with Crippen molar-refractivity contribution in [2.24, 2.45) is 0 Å². The number of nitrogens with zero attached hydrogens (tertiary/aromatic N) is 1. The molecule has 0 aliphatic carbocycles. The monoisotopic (exact) mass is 522 g/mol. The molecule has 0 saturated carbocycles. The van der Waals surface area contributed by atoms with Crippen molar-refractivity contribution >= 4 is 43.1 Å². The number of carbonyl (C=O) groups is 3. The summed E-state index contributed by atoms with van der Waals surface area (Å²) in [6.07, 6.45) is 5.34. The van der Waals surface area contributed by atoms with Gasteiger partial charge in [-0.15, -0.1) is 0 Å². The lowest BCUT2D eigenvalue weighted by atomic mass is 10.1. The number of rotatable bonds is 19. The summed E-state index contributed by atoms with van der Waals surface area (Å²) in [6.45, 7) is 0.446. The van der Waals surface area contributed by atoms with Gasteiger partial charge < -0.3 is 25.0 Å². The van der Waals surface area contributed by atoms with E-state index in [1.807, 2.05) is 0 Å². The number of carbonyl (C=O) groups excluding carboxylic acids is 2. The maximum atomic E-state index is 12.6. The molecule has 1 saturated heterocycles. The number of hydrogen-bond acceptors (Lipinski definition) is 9. The zero-order valence-corrected chi connectivity index (χ0v) is 21.7. The van der Waals surface area contributed by atoms with Crippen LogP contribution in [0.4, 0.5) is 0 Å². The standard InChI is InChI=1S/C23H42N2O7S2/c26-13-3-7-20(32-23(31)8-2-1-5-19(34)6-4-14-33)24-12-11-21(28)25-16-18(27)15-17(25)9-10-22(29)30/h17-20,24,26-27,33-34H,1-16H2,(H,29,30). The van der Waals surface area contributed by atoms with Crippen LogP contribution in [0.2, 0.25) is 0 Å². The van der Waals surface area contributed by atoms with Gasteiger partial charge in [0.15, 0.2) is 6.23 Å². The Morgan fingerprint density at radius 3 is 2.47 bits per heavy atom. The largest absolute Gasteiger partial charge is 0.481 e. The molecule has 4 atom stereocenters. The first kappa shape index (κ1) is 31.0. The first-order chi connectivity index (χ1) is 16.3. The number of aliphatic carboxylic acids is 1. The van der Waals surface area contributed by atoms with Gasteiger partial charge in [-0.05, 0) is 50.7 Å². The van der Waals surface area contributed by atoms with Crippen LogP contribution in [0.5, 0.6) is 0 Å². The number of ether oxygens (including phenoxy) is 1. The van der Waals surface area contributed by atoms with Gasteiger partial charge in [0.25, 0.3) is 0 Å². The maximum absolute atomic E-state index is 12.6. The van der Waals surface area contributed by atoms with Gasteiger partial charge in [-0.1, -0.05) is 6.42 Å². The lowest BCUT2D eigenvalue weighted by Gasteiger charge is -2.25. The smallest absolute Gasteiger partial charge is 0.307 e. The van der Waals surface area contributed by atoms with Crippen LogP contribution >= 0.6 is 25.3 Å². The lowest BCUT2D eigenvalue weighted by Crippen LogP contribution is -2.40. The first-order valence-corrected chi connectivity index (χ1v) is 13.4. The minimum atomic E-state index is -0.928. The fraction of sp³-hybridized carbons (Fsp3) is 0.870. The van der Waals surface area contributed by atoms with E-state index in [-0.39, 0.29) is 50.5 Å². The Kier molecular flexibility index (Phi) is 16.7. The minimum Gasteiger partial charge on any atom is -0.481 e. The van der Waals surface area contributed by atoms with Crippen LogP contribution in [0.25, 0.3) is 0 Å². The van der Waals surface area contributed by atoms with Gasteiger partial charge >= 0.3 is 11.9 Å². The van der Waals surface area contributed by atoms with Gasteiger partial charge in [0.05, 0.1) is 6.10 Å². The molecule has 0 bridgehead atoms. The highest BCUT2D eigenvalue weighted by Crippen LogP contribution is 2.23. The number of nitrogens with one attached hydrogen (secondary N) is 1. The van der Waals surface area contributed by atoms with E-state index in [1.54, 1.807) is 4.90 Å². The second-order valence-electron chi connectivity index (χ2n) is 8.84. The normalized spacial score (nSPS) is 19.7. The summed E-state index contributed by atoms with van der Waals surface area (Å²) in [6, 6.07) is -0.281. The molecular weight excluding hydrogens is 480 g/mol. The van der Waals surface area contributed by atoms with Gasteiger partial charge in [-0.3, -0.25) is 19.7 Å². The van der Waals surface area contributed by atoms with Gasteiger partial charge in [-0.2, -0.15) is 25.3 Å². The van der Waals surface area contributed by atoms with Gasteiger partial charge in [0.2, 0.25) is 5.91 Å². The highest BCUT2D eigenvalue weighted by Gasteiger charge is 2.34. The summed E-state index contributed by atoms with van der Waals surface area (Å²) in [5.74, 6) is -0.569. The van der Waals surface area contributed by atoms with E-state index in [2.05, 4.69) is 30.6 Å². The zero-order valence-electron chi connectivity index (χ0n) is 19.9. The van der Waals surface area contributed by atoms with Crippen LogP contribution in [-0.2, 0) is 19.1 Å². The van der Waals surface area contributed by atoms with Crippen molar-refractivity contribution in [2.75, 3.05) is 25.4 Å². The summed E-state index contributed by atoms with van der Waals surface area (Å²) >= 11 is 8.75. The van der Waals surface area contributed by atoms with Crippen LogP contribution in [0.1, 0.15) is 77.0 Å². The number of esters is 1. The molecule has 198 valence electrons. The molecular formula is C23H42N2O7S2. The molecule has 1 amide bonds. The topological polar surface area (TPSA) is 136 Å². The number of hydrogen-bond donors (Lipinski definition) is 6. The molecule has 34 heavy (non-hydrogen) atoms. The van der Waals surface area contributed by atoms with E-state index in [9.17, 15) is 19.5 Å². The van der Waals surface area contributed by atoms with Crippen molar-refractivity contribution in [3.63, 3.8) is 0 Å². The summed E-state index contributed by atoms with van der Waals surface area (Å²) < 4.78 is 5.51. The third kappa shape index (κ3) is 13.8. The number of carboxylic acid groups (broad SMARTS) is 1. The lowest BCUT2D eigenvalue weighted by molar-refractivity contribution is -0.151. The average Bonchev–Trinajstić information content (AvgIpc) is 3.17. The maximum Gasteiger partial charge on any atom is 0.307 e. The summed E-state index contributed by atoms with van der Waals surface area (Å²) in [5.41, 5.74) is 0. The van der Waals surface area contributed by atoms with E-state index in [0.717, 1.165) is 37.9 Å². The van der Waals surface area contributed by atoms with Crippen molar-refractivity contribution < 1.29 is 34.4 Å². The molecule has 0 aromatic carbocycles. The molecule has 1 rings (SSSR count). The summed E-state index contributed by atoms with van der Waals surface area (Å²) in [4.78, 5) is 37.3. The van der Waals surface area contributed by atoms with Gasteiger partial charge in [-0.25, -0.2) is 0 Å². The van der Waals surface area contributed by atoms with Crippen LogP contribution in [-0.4, -0.2) is 87.1 Å². The molecule has 4 unspecified atom stereocenters. The summed E-state index contributed by atoms with van der Waals surface area (Å²) in [5, 5.41) is 31.3. The Bertz CT molecular complexity index is 612. The van der Waals surface area contributed by atoms with Crippen molar-refractivity contribution in [3.8, 4) is 0 Å². The zero-order chi connectivity index (χ0) is 25.3. The molecule has 11 heteroatoms. The minimum absolute atomic E-state index is 0.0266. The Morgan fingerprint density at radius 2 is 1.79 bits per heavy atom. The van der Waals surface area contributed by atoms with E-state index in [4.69, 9.17) is 14.9 Å². The molecule has 0 aromatic heterocycles. The predicted octanol–water partition coefficient (Wildman–Crippen LogP) is 2.00. The molecule has 1 aliphatic rings. The van der Waals surface area contributed by atoms with Gasteiger partial charge in [0, 0.05) is 56.7 Å². The second-order valence-corrected chi connectivity index (χ2v) is 10.0. The number of amides is 1. The van der Waals surface area contributed by atoms with Crippen molar-refractivity contribution in [3.05, 3.63) is 0 Å². The number of unbranched alkanes of at least 4 members (excludes halogenated alkanes) is 1. The third-order valence-corrected chi connectivity index (χ3v) is 6.71. The highest BCUT2D eigenvalue weighted by atomic mass is 32.1. The molecule has 1 aliphatic heterocycles. The van der Waals surface area contributed by atoms with Crippen molar-refractivity contribution in [1.82, 2.24) is 10.2 Å². The SMILES string of the molecule is O=C(O)CCC1CC(O)CN1C(=O)CCNC(CCCO)OC(=O)CCCCC(S)CCCS. The number of carboxylic acids is 1. The highest BCUT2D eigenvalue weighted by molar-refractivity contribution is 7.81. The predicted molar refractivity (Wildman–Crippen MR) is 136 cm³/mol. The molecule has 0 radical (unpaired) electrons. The molecule has 0 aromatic rings. The van der Waals surface area contributed by atoms with Crippen LogP contribution in [0, 0.1) is 0 Å². The Balaban J connectivity index is 2.38. The van der Waals surface area contributed by atoms with Crippen LogP contribution < -0.4 is 5.32 Å². The molecule has 1 heterocycles. The number of aliphatic hydroxyl groups is 2. The van der Waals surface area contributed by atoms with E-state index < -0.39 is 18.3 Å². The number of likely N-dealkylation sites (tertiary alicyclic amines) is 1. The fourth-order valence-electron chi connectivity index (χ4n) is 4.06. The molecule has 9 nitrogen and oxygen atoms in total. The Labute approximate surface area is 213 Å². The van der Waals surface area contributed by atoms with Crippen molar-refractivity contribution in [1.29, 1.82) is 0 Å². The number of thiol groups is 2. The van der Waals surface area contributed by atoms with Gasteiger partial charge in [0.1, 0.15) is 0 Å². The molecule has 0 spiro atoms. The Hall–Kier alpha value is -1.01. The average molecular weight is 523 g/mol. The van der Waals surface area contributed by atoms with E-state index in [1.165, 1.54) is 0 Å². The van der Waals surface area contributed by atoms with Crippen LogP contribution in [0.3, 0.4) is 0 Å². The number of β-amino-alcohol motifs (C(OH)–C–C–N with tert-alkyl or cyclic N) is 1. The van der Waals surface area contributed by atoms with E-state index >= 15 is 0 Å². The fourth-order valence-corrected chi connectivity index (χ4v) is 4.61. The second kappa shape index (κ2) is 18.3. The first-order valence-electron chi connectivity index (χ1n) is 12.3. The Morgan fingerprint density at radius 1 is 1.06 bits per heavy atom. The van der Waals surface area contributed by atoms with Crippen molar-refractivity contribution in [2.45, 2.75) is 101 Å². The van der Waals surface area contributed by atoms with E-state index in [0.29, 0.717) is 37.4 Å². The third-order valence-electron chi connectivity index (χ3n) is 5.88. The quantitative estimate of drug-likeness (QED) is 0.0656. The van der Waals surface area contributed by atoms with Crippen LogP contribution in [0.15, 0.2) is 0 Å².